The Hall–Kier alpha value is -3.26. The molecule has 0 aliphatic heterocycles. The molecule has 6 rings (SSSR count). The zero-order chi connectivity index (χ0) is 23.4. The van der Waals surface area contributed by atoms with Crippen LogP contribution in [-0.2, 0) is 12.8 Å². The number of allylic oxidation sites excluding steroid dienone is 2. The van der Waals surface area contributed by atoms with E-state index in [1.165, 1.54) is 56.6 Å². The van der Waals surface area contributed by atoms with Crippen LogP contribution in [0.1, 0.15) is 48.9 Å². The molecule has 0 spiro atoms. The molecule has 0 saturated heterocycles. The average molecular weight is 449 g/mol. The fraction of sp³-hybridized carbons (Fsp3) is 0.312. The van der Waals surface area contributed by atoms with Crippen LogP contribution in [0, 0.1) is 11.8 Å². The Kier molecular flexibility index (Phi) is 5.13. The Morgan fingerprint density at radius 2 is 1.03 bits per heavy atom. The van der Waals surface area contributed by atoms with Gasteiger partial charge in [-0.1, -0.05) is 50.2 Å². The van der Waals surface area contributed by atoms with Gasteiger partial charge in [0, 0.05) is 0 Å². The number of methoxy groups -OCH3 is 2. The minimum Gasteiger partial charge on any atom is -0.497 e. The van der Waals surface area contributed by atoms with Crippen molar-refractivity contribution in [3.8, 4) is 11.5 Å². The lowest BCUT2D eigenvalue weighted by molar-refractivity contribution is 0.415. The highest BCUT2D eigenvalue weighted by atomic mass is 16.5. The van der Waals surface area contributed by atoms with Gasteiger partial charge in [0.2, 0.25) is 0 Å². The molecule has 34 heavy (non-hydrogen) atoms. The average Bonchev–Trinajstić information content (AvgIpc) is 2.88. The van der Waals surface area contributed by atoms with Crippen molar-refractivity contribution >= 4 is 32.7 Å². The van der Waals surface area contributed by atoms with E-state index in [-0.39, 0.29) is 0 Å². The maximum Gasteiger partial charge on any atom is 0.119 e. The van der Waals surface area contributed by atoms with Crippen LogP contribution in [0.15, 0.2) is 60.7 Å². The van der Waals surface area contributed by atoms with Gasteiger partial charge in [0.25, 0.3) is 0 Å². The molecule has 2 atom stereocenters. The summed E-state index contributed by atoms with van der Waals surface area (Å²) in [7, 11) is 3.49. The predicted octanol–water partition coefficient (Wildman–Crippen LogP) is 8.09. The molecule has 0 heterocycles. The molecule has 2 aliphatic carbocycles. The van der Waals surface area contributed by atoms with Gasteiger partial charge in [0.15, 0.2) is 0 Å². The van der Waals surface area contributed by atoms with E-state index in [9.17, 15) is 0 Å². The second-order valence-electron chi connectivity index (χ2n) is 10.1. The smallest absolute Gasteiger partial charge is 0.119 e. The Morgan fingerprint density at radius 3 is 1.44 bits per heavy atom. The maximum atomic E-state index is 5.54. The molecule has 2 heteroatoms. The summed E-state index contributed by atoms with van der Waals surface area (Å²) in [5.74, 6) is 2.89. The Morgan fingerprint density at radius 1 is 0.588 bits per heavy atom. The van der Waals surface area contributed by atoms with Gasteiger partial charge < -0.3 is 9.47 Å². The van der Waals surface area contributed by atoms with E-state index in [1.807, 2.05) is 0 Å². The first-order valence-corrected chi connectivity index (χ1v) is 12.5. The summed E-state index contributed by atoms with van der Waals surface area (Å²) in [6.07, 6.45) is 4.69. The van der Waals surface area contributed by atoms with Crippen LogP contribution in [0.25, 0.3) is 32.7 Å². The van der Waals surface area contributed by atoms with Crippen LogP contribution < -0.4 is 9.47 Å². The molecule has 0 amide bonds. The van der Waals surface area contributed by atoms with Crippen LogP contribution in [0.5, 0.6) is 11.5 Å². The number of benzene rings is 4. The lowest BCUT2D eigenvalue weighted by Crippen LogP contribution is -2.19. The Bertz CT molecular complexity index is 1350. The quantitative estimate of drug-likeness (QED) is 0.308. The molecule has 2 nitrogen and oxygen atoms in total. The predicted molar refractivity (Wildman–Crippen MR) is 143 cm³/mol. The van der Waals surface area contributed by atoms with Crippen molar-refractivity contribution in [2.45, 2.75) is 39.5 Å². The van der Waals surface area contributed by atoms with Gasteiger partial charge in [-0.25, -0.2) is 0 Å². The molecular weight excluding hydrogens is 416 g/mol. The lowest BCUT2D eigenvalue weighted by atomic mass is 9.69. The number of rotatable bonds is 2. The molecule has 0 aromatic heterocycles. The molecule has 0 fully saturated rings. The number of hydrogen-bond donors (Lipinski definition) is 0. The van der Waals surface area contributed by atoms with Crippen LogP contribution in [0.2, 0.25) is 0 Å². The first kappa shape index (κ1) is 21.3. The SMILES string of the molecule is COc1ccc2c3c(ccc2c1)CC[C@@H](C)/C3=C1\c2c(ccc3cc(OC)ccc23)CC[C@H]1C. The van der Waals surface area contributed by atoms with Gasteiger partial charge in [-0.3, -0.25) is 0 Å². The van der Waals surface area contributed by atoms with Crippen molar-refractivity contribution in [2.75, 3.05) is 14.2 Å². The monoisotopic (exact) mass is 448 g/mol. The molecule has 4 aromatic carbocycles. The van der Waals surface area contributed by atoms with E-state index in [0.717, 1.165) is 24.3 Å². The highest BCUT2D eigenvalue weighted by Gasteiger charge is 2.32. The summed E-state index contributed by atoms with van der Waals surface area (Å²) in [5.41, 5.74) is 9.04. The van der Waals surface area contributed by atoms with Crippen LogP contribution in [-0.4, -0.2) is 14.2 Å². The highest BCUT2D eigenvalue weighted by Crippen LogP contribution is 2.50. The molecule has 0 N–H and O–H groups in total. The number of aryl methyl sites for hydroxylation is 2. The van der Waals surface area contributed by atoms with E-state index >= 15 is 0 Å². The van der Waals surface area contributed by atoms with Crippen molar-refractivity contribution in [1.29, 1.82) is 0 Å². The van der Waals surface area contributed by atoms with Crippen molar-refractivity contribution in [3.05, 3.63) is 82.9 Å². The third-order valence-corrected chi connectivity index (χ3v) is 8.13. The van der Waals surface area contributed by atoms with Crippen molar-refractivity contribution in [2.24, 2.45) is 11.8 Å². The zero-order valence-corrected chi connectivity index (χ0v) is 20.6. The summed E-state index contributed by atoms with van der Waals surface area (Å²) in [6.45, 7) is 4.87. The van der Waals surface area contributed by atoms with Gasteiger partial charge in [-0.2, -0.15) is 0 Å². The van der Waals surface area contributed by atoms with Crippen molar-refractivity contribution < 1.29 is 9.47 Å². The highest BCUT2D eigenvalue weighted by molar-refractivity contribution is 6.09. The zero-order valence-electron chi connectivity index (χ0n) is 20.6. The summed E-state index contributed by atoms with van der Waals surface area (Å²) in [6, 6.07) is 22.4. The van der Waals surface area contributed by atoms with Gasteiger partial charge in [-0.05, 0) is 117 Å². The van der Waals surface area contributed by atoms with Gasteiger partial charge in [0.05, 0.1) is 14.2 Å². The molecule has 0 unspecified atom stereocenters. The normalized spacial score (nSPS) is 21.9. The molecule has 0 bridgehead atoms. The molecular formula is C32H32O2. The largest absolute Gasteiger partial charge is 0.497 e. The second kappa shape index (κ2) is 8.20. The standard InChI is InChI=1S/C32H32O2/c1-19-5-7-21-9-11-23-17-25(33-3)13-15-27(23)31(21)29(19)30-20(2)6-8-22-10-12-24-18-26(34-4)14-16-28(24)32(22)30/h9-20H,5-8H2,1-4H3/b30-29+/t19-,20-/m1/s1. The van der Waals surface area contributed by atoms with Crippen LogP contribution in [0.3, 0.4) is 0 Å². The van der Waals surface area contributed by atoms with E-state index in [4.69, 9.17) is 9.47 Å². The Labute approximate surface area is 202 Å². The summed E-state index contributed by atoms with van der Waals surface area (Å²) in [5, 5.41) is 5.23. The summed E-state index contributed by atoms with van der Waals surface area (Å²) < 4.78 is 11.1. The fourth-order valence-corrected chi connectivity index (χ4v) is 6.34. The second-order valence-corrected chi connectivity index (χ2v) is 10.1. The lowest BCUT2D eigenvalue weighted by Gasteiger charge is -2.35. The van der Waals surface area contributed by atoms with Gasteiger partial charge in [0.1, 0.15) is 11.5 Å². The van der Waals surface area contributed by atoms with Gasteiger partial charge in [-0.15, -0.1) is 0 Å². The number of ether oxygens (including phenoxy) is 2. The summed E-state index contributed by atoms with van der Waals surface area (Å²) >= 11 is 0. The third kappa shape index (κ3) is 3.23. The van der Waals surface area contributed by atoms with Gasteiger partial charge >= 0.3 is 0 Å². The van der Waals surface area contributed by atoms with Crippen LogP contribution in [0.4, 0.5) is 0 Å². The topological polar surface area (TPSA) is 18.5 Å². The third-order valence-electron chi connectivity index (χ3n) is 8.13. The van der Waals surface area contributed by atoms with Crippen LogP contribution >= 0.6 is 0 Å². The maximum absolute atomic E-state index is 5.54. The van der Waals surface area contributed by atoms with E-state index < -0.39 is 0 Å². The van der Waals surface area contributed by atoms with E-state index in [0.29, 0.717) is 11.8 Å². The fourth-order valence-electron chi connectivity index (χ4n) is 6.34. The Balaban J connectivity index is 1.71. The number of fused-ring (bicyclic) bond motifs is 6. The first-order chi connectivity index (χ1) is 16.6. The van der Waals surface area contributed by atoms with E-state index in [1.54, 1.807) is 25.4 Å². The van der Waals surface area contributed by atoms with Crippen molar-refractivity contribution in [1.82, 2.24) is 0 Å². The minimum absolute atomic E-state index is 0.525. The molecule has 0 radical (unpaired) electrons. The number of hydrogen-bond acceptors (Lipinski definition) is 2. The molecule has 172 valence electrons. The first-order valence-electron chi connectivity index (χ1n) is 12.5. The summed E-state index contributed by atoms with van der Waals surface area (Å²) in [4.78, 5) is 0. The molecule has 0 saturated carbocycles. The minimum atomic E-state index is 0.525. The van der Waals surface area contributed by atoms with Crippen molar-refractivity contribution in [3.63, 3.8) is 0 Å². The molecule has 4 aromatic rings. The van der Waals surface area contributed by atoms with E-state index in [2.05, 4.69) is 74.5 Å². The molecule has 2 aliphatic rings.